The van der Waals surface area contributed by atoms with Gasteiger partial charge in [0.1, 0.15) is 0 Å². The molecule has 2 aromatic rings. The van der Waals surface area contributed by atoms with Crippen molar-refractivity contribution in [2.75, 3.05) is 0 Å². The van der Waals surface area contributed by atoms with Gasteiger partial charge in [-0.2, -0.15) is 10.5 Å². The van der Waals surface area contributed by atoms with E-state index in [4.69, 9.17) is 10.5 Å². The van der Waals surface area contributed by atoms with Crippen molar-refractivity contribution in [3.8, 4) is 12.1 Å². The van der Waals surface area contributed by atoms with E-state index in [1.807, 2.05) is 0 Å². The van der Waals surface area contributed by atoms with Crippen LogP contribution in [0.3, 0.4) is 0 Å². The molecule has 2 heteroatoms. The maximum Gasteiger partial charge on any atom is 0.0621 e. The van der Waals surface area contributed by atoms with Gasteiger partial charge in [-0.25, -0.2) is 0 Å². The van der Waals surface area contributed by atoms with E-state index in [0.29, 0.717) is 12.8 Å². The third-order valence-electron chi connectivity index (χ3n) is 4.76. The Hall–Kier alpha value is -2.58. The highest BCUT2D eigenvalue weighted by Crippen LogP contribution is 2.13. The van der Waals surface area contributed by atoms with Gasteiger partial charge >= 0.3 is 0 Å². The Morgan fingerprint density at radius 1 is 0.462 bits per heavy atom. The van der Waals surface area contributed by atoms with Gasteiger partial charge in [-0.3, -0.25) is 0 Å². The quantitative estimate of drug-likeness (QED) is 0.473. The summed E-state index contributed by atoms with van der Waals surface area (Å²) in [5, 5.41) is 17.1. The molecule has 26 heavy (non-hydrogen) atoms. The molecule has 0 N–H and O–H groups in total. The Balaban J connectivity index is 1.72. The predicted octanol–water partition coefficient (Wildman–Crippen LogP) is 5.94. The summed E-state index contributed by atoms with van der Waals surface area (Å²) in [4.78, 5) is 0. The first kappa shape index (κ1) is 19.7. The highest BCUT2D eigenvalue weighted by molar-refractivity contribution is 5.26. The van der Waals surface area contributed by atoms with Crippen molar-refractivity contribution >= 4 is 0 Å². The molecule has 0 radical (unpaired) electrons. The second-order valence-corrected chi connectivity index (χ2v) is 6.86. The lowest BCUT2D eigenvalue weighted by atomic mass is 9.99. The normalized spacial score (nSPS) is 10.2. The molecule has 0 saturated carbocycles. The van der Waals surface area contributed by atoms with E-state index in [-0.39, 0.29) is 0 Å². The van der Waals surface area contributed by atoms with Crippen molar-refractivity contribution in [2.24, 2.45) is 0 Å². The maximum absolute atomic E-state index is 8.57. The summed E-state index contributed by atoms with van der Waals surface area (Å²) in [6.07, 6.45) is 9.76. The van der Waals surface area contributed by atoms with Crippen molar-refractivity contribution in [3.63, 3.8) is 0 Å². The van der Waals surface area contributed by atoms with Crippen molar-refractivity contribution in [2.45, 2.75) is 64.2 Å². The SMILES string of the molecule is N#CCCCCc1ccc(CCc2ccc(CCCCC#N)cc2)cc1. The van der Waals surface area contributed by atoms with Crippen LogP contribution in [0.25, 0.3) is 0 Å². The molecule has 0 spiro atoms. The van der Waals surface area contributed by atoms with Gasteiger partial charge in [-0.1, -0.05) is 48.5 Å². The molecule has 0 aliphatic carbocycles. The molecule has 0 heterocycles. The monoisotopic (exact) mass is 344 g/mol. The second kappa shape index (κ2) is 11.9. The number of benzene rings is 2. The fraction of sp³-hybridized carbons (Fsp3) is 0.417. The molecule has 0 saturated heterocycles. The molecule has 2 aromatic carbocycles. The Labute approximate surface area is 158 Å². The first-order chi connectivity index (χ1) is 12.8. The Morgan fingerprint density at radius 3 is 1.08 bits per heavy atom. The molecule has 0 aromatic heterocycles. The lowest BCUT2D eigenvalue weighted by molar-refractivity contribution is 0.752. The molecule has 0 atom stereocenters. The van der Waals surface area contributed by atoms with E-state index in [1.54, 1.807) is 0 Å². The standard InChI is InChI=1S/C24H28N2/c25-19-5-1-3-7-21-9-13-23(14-10-21)17-18-24-15-11-22(12-16-24)8-4-2-6-20-26/h9-16H,1-8,17-18H2. The number of nitriles is 2. The summed E-state index contributed by atoms with van der Waals surface area (Å²) in [5.74, 6) is 0. The zero-order valence-corrected chi connectivity index (χ0v) is 15.6. The summed E-state index contributed by atoms with van der Waals surface area (Å²) < 4.78 is 0. The van der Waals surface area contributed by atoms with E-state index in [2.05, 4.69) is 60.7 Å². The van der Waals surface area contributed by atoms with Crippen LogP contribution in [0.1, 0.15) is 60.8 Å². The smallest absolute Gasteiger partial charge is 0.0621 e. The molecule has 0 fully saturated rings. The lowest BCUT2D eigenvalue weighted by Gasteiger charge is -2.06. The number of hydrogen-bond donors (Lipinski definition) is 0. The van der Waals surface area contributed by atoms with Gasteiger partial charge in [0, 0.05) is 12.8 Å². The van der Waals surface area contributed by atoms with E-state index >= 15 is 0 Å². The lowest BCUT2D eigenvalue weighted by Crippen LogP contribution is -1.93. The van der Waals surface area contributed by atoms with Gasteiger partial charge in [0.05, 0.1) is 12.1 Å². The van der Waals surface area contributed by atoms with Gasteiger partial charge in [0.15, 0.2) is 0 Å². The highest BCUT2D eigenvalue weighted by atomic mass is 14.2. The van der Waals surface area contributed by atoms with Crippen LogP contribution < -0.4 is 0 Å². The molecule has 0 unspecified atom stereocenters. The molecule has 2 rings (SSSR count). The van der Waals surface area contributed by atoms with Gasteiger partial charge in [-0.15, -0.1) is 0 Å². The summed E-state index contributed by atoms with van der Waals surface area (Å²) in [5.41, 5.74) is 5.50. The van der Waals surface area contributed by atoms with Crippen molar-refractivity contribution in [3.05, 3.63) is 70.8 Å². The van der Waals surface area contributed by atoms with E-state index in [1.165, 1.54) is 22.3 Å². The van der Waals surface area contributed by atoms with E-state index in [0.717, 1.165) is 51.4 Å². The predicted molar refractivity (Wildman–Crippen MR) is 107 cm³/mol. The molecular weight excluding hydrogens is 316 g/mol. The minimum atomic E-state index is 0.663. The molecule has 0 aliphatic rings. The van der Waals surface area contributed by atoms with E-state index < -0.39 is 0 Å². The first-order valence-corrected chi connectivity index (χ1v) is 9.71. The number of nitrogens with zero attached hydrogens (tertiary/aromatic N) is 2. The summed E-state index contributed by atoms with van der Waals surface area (Å²) in [6, 6.07) is 22.3. The minimum Gasteiger partial charge on any atom is -0.198 e. The number of aryl methyl sites for hydroxylation is 4. The zero-order valence-electron chi connectivity index (χ0n) is 15.6. The van der Waals surface area contributed by atoms with Crippen LogP contribution in [0.15, 0.2) is 48.5 Å². The van der Waals surface area contributed by atoms with Gasteiger partial charge < -0.3 is 0 Å². The van der Waals surface area contributed by atoms with Crippen LogP contribution in [0.5, 0.6) is 0 Å². The molecule has 134 valence electrons. The van der Waals surface area contributed by atoms with Crippen LogP contribution in [0, 0.1) is 22.7 Å². The van der Waals surface area contributed by atoms with Gasteiger partial charge in [0.25, 0.3) is 0 Å². The number of unbranched alkanes of at least 4 members (excludes halogenated alkanes) is 4. The fourth-order valence-corrected chi connectivity index (χ4v) is 3.10. The van der Waals surface area contributed by atoms with Crippen LogP contribution in [0.4, 0.5) is 0 Å². The number of hydrogen-bond acceptors (Lipinski definition) is 2. The average molecular weight is 345 g/mol. The first-order valence-electron chi connectivity index (χ1n) is 9.71. The topological polar surface area (TPSA) is 47.6 Å². The molecule has 2 nitrogen and oxygen atoms in total. The molecule has 0 amide bonds. The maximum atomic E-state index is 8.57. The third kappa shape index (κ3) is 7.54. The third-order valence-corrected chi connectivity index (χ3v) is 4.76. The van der Waals surface area contributed by atoms with Crippen LogP contribution in [-0.2, 0) is 25.7 Å². The van der Waals surface area contributed by atoms with Crippen LogP contribution in [0.2, 0.25) is 0 Å². The average Bonchev–Trinajstić information content (AvgIpc) is 2.69. The summed E-state index contributed by atoms with van der Waals surface area (Å²) in [7, 11) is 0. The summed E-state index contributed by atoms with van der Waals surface area (Å²) in [6.45, 7) is 0. The van der Waals surface area contributed by atoms with Gasteiger partial charge in [0.2, 0.25) is 0 Å². The van der Waals surface area contributed by atoms with Gasteiger partial charge in [-0.05, 0) is 73.6 Å². The van der Waals surface area contributed by atoms with Crippen molar-refractivity contribution in [1.82, 2.24) is 0 Å². The van der Waals surface area contributed by atoms with Crippen LogP contribution >= 0.6 is 0 Å². The highest BCUT2D eigenvalue weighted by Gasteiger charge is 1.99. The Kier molecular flexibility index (Phi) is 9.02. The number of rotatable bonds is 11. The largest absolute Gasteiger partial charge is 0.198 e. The minimum absolute atomic E-state index is 0.663. The van der Waals surface area contributed by atoms with Crippen LogP contribution in [-0.4, -0.2) is 0 Å². The van der Waals surface area contributed by atoms with E-state index in [9.17, 15) is 0 Å². The molecular formula is C24H28N2. The molecule has 0 bridgehead atoms. The molecule has 0 aliphatic heterocycles. The Bertz CT molecular complexity index is 649. The Morgan fingerprint density at radius 2 is 0.769 bits per heavy atom. The second-order valence-electron chi connectivity index (χ2n) is 6.86. The zero-order chi connectivity index (χ0) is 18.5. The van der Waals surface area contributed by atoms with Crippen molar-refractivity contribution < 1.29 is 0 Å². The fourth-order valence-electron chi connectivity index (χ4n) is 3.10. The van der Waals surface area contributed by atoms with Crippen molar-refractivity contribution in [1.29, 1.82) is 10.5 Å². The summed E-state index contributed by atoms with van der Waals surface area (Å²) >= 11 is 0.